The SMILES string of the molecule is CC(C)(C)C1CN=C(N)N1Cc1cccs1. The Kier molecular flexibility index (Phi) is 2.93. The molecule has 0 radical (unpaired) electrons. The van der Waals surface area contributed by atoms with Gasteiger partial charge in [0.05, 0.1) is 19.1 Å². The number of nitrogens with two attached hydrogens (primary N) is 1. The summed E-state index contributed by atoms with van der Waals surface area (Å²) in [7, 11) is 0. The molecule has 1 unspecified atom stereocenters. The van der Waals surface area contributed by atoms with Crippen molar-refractivity contribution in [3.05, 3.63) is 22.4 Å². The van der Waals surface area contributed by atoms with Crippen molar-refractivity contribution in [2.24, 2.45) is 16.1 Å². The van der Waals surface area contributed by atoms with E-state index in [1.165, 1.54) is 4.88 Å². The largest absolute Gasteiger partial charge is 0.370 e. The van der Waals surface area contributed by atoms with Gasteiger partial charge in [0, 0.05) is 4.88 Å². The maximum absolute atomic E-state index is 5.96. The number of rotatable bonds is 2. The Morgan fingerprint density at radius 3 is 2.88 bits per heavy atom. The first-order valence-corrected chi connectivity index (χ1v) is 6.45. The minimum absolute atomic E-state index is 0.210. The maximum atomic E-state index is 5.96. The van der Waals surface area contributed by atoms with Crippen LogP contribution in [0.3, 0.4) is 0 Å². The lowest BCUT2D eigenvalue weighted by Gasteiger charge is -2.35. The molecule has 3 nitrogen and oxygen atoms in total. The van der Waals surface area contributed by atoms with E-state index >= 15 is 0 Å². The van der Waals surface area contributed by atoms with Gasteiger partial charge in [0.25, 0.3) is 0 Å². The first-order chi connectivity index (χ1) is 7.48. The summed E-state index contributed by atoms with van der Waals surface area (Å²) >= 11 is 1.77. The Morgan fingerprint density at radius 2 is 2.31 bits per heavy atom. The molecule has 2 N–H and O–H groups in total. The van der Waals surface area contributed by atoms with Crippen molar-refractivity contribution in [1.82, 2.24) is 4.90 Å². The minimum Gasteiger partial charge on any atom is -0.370 e. The summed E-state index contributed by atoms with van der Waals surface area (Å²) in [6.45, 7) is 8.43. The maximum Gasteiger partial charge on any atom is 0.191 e. The highest BCUT2D eigenvalue weighted by atomic mass is 32.1. The van der Waals surface area contributed by atoms with Crippen LogP contribution >= 0.6 is 11.3 Å². The number of guanidine groups is 1. The fourth-order valence-electron chi connectivity index (χ4n) is 2.03. The third-order valence-corrected chi connectivity index (χ3v) is 3.86. The summed E-state index contributed by atoms with van der Waals surface area (Å²) in [5, 5.41) is 2.10. The highest BCUT2D eigenvalue weighted by Gasteiger charge is 2.35. The monoisotopic (exact) mass is 237 g/mol. The second-order valence-corrected chi connectivity index (χ2v) is 6.32. The topological polar surface area (TPSA) is 41.6 Å². The molecule has 1 aromatic heterocycles. The van der Waals surface area contributed by atoms with Crippen LogP contribution in [-0.4, -0.2) is 23.4 Å². The lowest BCUT2D eigenvalue weighted by atomic mass is 9.86. The number of thiophene rings is 1. The molecule has 2 heterocycles. The standard InChI is InChI=1S/C12H19N3S/c1-12(2,3)10-7-14-11(13)15(10)8-9-5-4-6-16-9/h4-6,10H,7-8H2,1-3H3,(H2,13,14). The zero-order chi connectivity index (χ0) is 11.8. The van der Waals surface area contributed by atoms with Gasteiger partial charge in [-0.2, -0.15) is 0 Å². The normalized spacial score (nSPS) is 21.3. The quantitative estimate of drug-likeness (QED) is 0.857. The highest BCUT2D eigenvalue weighted by Crippen LogP contribution is 2.29. The molecule has 1 aromatic rings. The summed E-state index contributed by atoms with van der Waals surface area (Å²) in [5.74, 6) is 0.688. The number of hydrogen-bond donors (Lipinski definition) is 1. The number of nitrogens with zero attached hydrogens (tertiary/aromatic N) is 2. The average Bonchev–Trinajstić information content (AvgIpc) is 2.76. The highest BCUT2D eigenvalue weighted by molar-refractivity contribution is 7.09. The van der Waals surface area contributed by atoms with Gasteiger partial charge < -0.3 is 10.6 Å². The Labute approximate surface area is 101 Å². The Hall–Kier alpha value is -1.03. The Bertz CT molecular complexity index is 375. The Balaban J connectivity index is 2.14. The van der Waals surface area contributed by atoms with E-state index in [1.54, 1.807) is 11.3 Å². The van der Waals surface area contributed by atoms with Crippen molar-refractivity contribution >= 4 is 17.3 Å². The van der Waals surface area contributed by atoms with Crippen LogP contribution in [0.1, 0.15) is 25.6 Å². The fourth-order valence-corrected chi connectivity index (χ4v) is 2.73. The summed E-state index contributed by atoms with van der Waals surface area (Å²) < 4.78 is 0. The fraction of sp³-hybridized carbons (Fsp3) is 0.583. The summed E-state index contributed by atoms with van der Waals surface area (Å²) in [4.78, 5) is 7.94. The van der Waals surface area contributed by atoms with E-state index in [1.807, 2.05) is 0 Å². The van der Waals surface area contributed by atoms with Crippen LogP contribution in [0.2, 0.25) is 0 Å². The third-order valence-electron chi connectivity index (χ3n) is 3.00. The van der Waals surface area contributed by atoms with Crippen LogP contribution < -0.4 is 5.73 Å². The zero-order valence-corrected chi connectivity index (χ0v) is 10.9. The van der Waals surface area contributed by atoms with E-state index in [4.69, 9.17) is 5.73 Å². The molecule has 88 valence electrons. The van der Waals surface area contributed by atoms with E-state index in [-0.39, 0.29) is 5.41 Å². The molecule has 0 spiro atoms. The first kappa shape index (κ1) is 11.5. The van der Waals surface area contributed by atoms with Crippen LogP contribution in [0, 0.1) is 5.41 Å². The Morgan fingerprint density at radius 1 is 1.56 bits per heavy atom. The molecular weight excluding hydrogens is 218 g/mol. The van der Waals surface area contributed by atoms with Gasteiger partial charge in [-0.1, -0.05) is 26.8 Å². The van der Waals surface area contributed by atoms with Crippen LogP contribution in [0.4, 0.5) is 0 Å². The summed E-state index contributed by atoms with van der Waals surface area (Å²) in [5.41, 5.74) is 6.17. The minimum atomic E-state index is 0.210. The molecule has 1 aliphatic rings. The van der Waals surface area contributed by atoms with Crippen molar-refractivity contribution in [3.8, 4) is 0 Å². The molecule has 0 saturated carbocycles. The van der Waals surface area contributed by atoms with Crippen LogP contribution in [0.5, 0.6) is 0 Å². The van der Waals surface area contributed by atoms with Gasteiger partial charge in [0.15, 0.2) is 5.96 Å². The number of aliphatic imine (C=N–C) groups is 1. The van der Waals surface area contributed by atoms with Crippen molar-refractivity contribution < 1.29 is 0 Å². The molecule has 1 aliphatic heterocycles. The van der Waals surface area contributed by atoms with Crippen molar-refractivity contribution in [2.45, 2.75) is 33.4 Å². The smallest absolute Gasteiger partial charge is 0.191 e. The molecule has 0 fully saturated rings. The van der Waals surface area contributed by atoms with Gasteiger partial charge in [-0.25, -0.2) is 0 Å². The lowest BCUT2D eigenvalue weighted by Crippen LogP contribution is -2.46. The van der Waals surface area contributed by atoms with Crippen LogP contribution in [0.25, 0.3) is 0 Å². The lowest BCUT2D eigenvalue weighted by molar-refractivity contribution is 0.184. The number of hydrogen-bond acceptors (Lipinski definition) is 4. The van der Waals surface area contributed by atoms with Crippen molar-refractivity contribution in [2.75, 3.05) is 6.54 Å². The predicted octanol–water partition coefficient (Wildman–Crippen LogP) is 2.29. The van der Waals surface area contributed by atoms with Gasteiger partial charge in [0.1, 0.15) is 0 Å². The second kappa shape index (κ2) is 4.09. The predicted molar refractivity (Wildman–Crippen MR) is 69.6 cm³/mol. The van der Waals surface area contributed by atoms with E-state index < -0.39 is 0 Å². The molecular formula is C12H19N3S. The molecule has 0 bridgehead atoms. The first-order valence-electron chi connectivity index (χ1n) is 5.57. The van der Waals surface area contributed by atoms with E-state index in [2.05, 4.69) is 48.2 Å². The molecule has 4 heteroatoms. The van der Waals surface area contributed by atoms with Gasteiger partial charge in [-0.3, -0.25) is 4.99 Å². The molecule has 0 aliphatic carbocycles. The van der Waals surface area contributed by atoms with Gasteiger partial charge >= 0.3 is 0 Å². The van der Waals surface area contributed by atoms with E-state index in [9.17, 15) is 0 Å². The van der Waals surface area contributed by atoms with E-state index in [0.29, 0.717) is 12.0 Å². The van der Waals surface area contributed by atoms with Crippen LogP contribution in [-0.2, 0) is 6.54 Å². The molecule has 0 saturated heterocycles. The van der Waals surface area contributed by atoms with Crippen molar-refractivity contribution in [1.29, 1.82) is 0 Å². The summed E-state index contributed by atoms with van der Waals surface area (Å²) in [6.07, 6.45) is 0. The second-order valence-electron chi connectivity index (χ2n) is 5.29. The average molecular weight is 237 g/mol. The molecule has 16 heavy (non-hydrogen) atoms. The zero-order valence-electron chi connectivity index (χ0n) is 10.1. The van der Waals surface area contributed by atoms with Crippen LogP contribution in [0.15, 0.2) is 22.5 Å². The molecule has 0 amide bonds. The summed E-state index contributed by atoms with van der Waals surface area (Å²) in [6, 6.07) is 4.64. The van der Waals surface area contributed by atoms with E-state index in [0.717, 1.165) is 13.1 Å². The van der Waals surface area contributed by atoms with Gasteiger partial charge in [0.2, 0.25) is 0 Å². The van der Waals surface area contributed by atoms with Gasteiger partial charge in [-0.05, 0) is 16.9 Å². The van der Waals surface area contributed by atoms with Crippen molar-refractivity contribution in [3.63, 3.8) is 0 Å². The van der Waals surface area contributed by atoms with Gasteiger partial charge in [-0.15, -0.1) is 11.3 Å². The third kappa shape index (κ3) is 2.21. The molecule has 0 aromatic carbocycles. The molecule has 2 rings (SSSR count). The molecule has 1 atom stereocenters.